The molecule has 0 amide bonds. The van der Waals surface area contributed by atoms with Crippen molar-refractivity contribution in [3.05, 3.63) is 152 Å². The molecule has 0 fully saturated rings. The zero-order valence-electron chi connectivity index (χ0n) is 25.1. The third kappa shape index (κ3) is 4.10. The van der Waals surface area contributed by atoms with Crippen LogP contribution in [-0.2, 0) is 0 Å². The maximum atomic E-state index is 6.42. The molecule has 1 aliphatic rings. The number of hydrogen-bond donors (Lipinski definition) is 0. The topological polar surface area (TPSA) is 49.2 Å². The minimum Gasteiger partial charge on any atom is -0.449 e. The van der Waals surface area contributed by atoms with Crippen molar-refractivity contribution in [1.29, 1.82) is 0 Å². The highest BCUT2D eigenvalue weighted by molar-refractivity contribution is 6.10. The third-order valence-corrected chi connectivity index (χ3v) is 9.04. The molecular formula is C42H25N3O2. The van der Waals surface area contributed by atoms with E-state index in [-0.39, 0.29) is 0 Å². The highest BCUT2D eigenvalue weighted by atomic mass is 16.6. The van der Waals surface area contributed by atoms with Crippen LogP contribution in [0.3, 0.4) is 0 Å². The van der Waals surface area contributed by atoms with Crippen LogP contribution in [0.25, 0.3) is 71.8 Å². The van der Waals surface area contributed by atoms with Gasteiger partial charge in [0.1, 0.15) is 0 Å². The highest BCUT2D eigenvalue weighted by Crippen LogP contribution is 2.48. The summed E-state index contributed by atoms with van der Waals surface area (Å²) >= 11 is 0. The first-order valence-electron chi connectivity index (χ1n) is 15.7. The first kappa shape index (κ1) is 25.8. The van der Waals surface area contributed by atoms with Gasteiger partial charge in [-0.25, -0.2) is 9.97 Å². The van der Waals surface area contributed by atoms with Gasteiger partial charge in [0.2, 0.25) is 5.95 Å². The van der Waals surface area contributed by atoms with Gasteiger partial charge < -0.3 is 9.47 Å². The first-order valence-corrected chi connectivity index (χ1v) is 15.7. The van der Waals surface area contributed by atoms with Crippen molar-refractivity contribution in [2.75, 3.05) is 0 Å². The summed E-state index contributed by atoms with van der Waals surface area (Å²) in [7, 11) is 0. The van der Waals surface area contributed by atoms with Gasteiger partial charge in [0, 0.05) is 21.7 Å². The normalized spacial score (nSPS) is 12.2. The molecule has 220 valence electrons. The minimum atomic E-state index is 0.636. The van der Waals surface area contributed by atoms with E-state index in [0.29, 0.717) is 23.2 Å². The Morgan fingerprint density at radius 2 is 1.02 bits per heavy atom. The molecule has 3 heterocycles. The molecule has 47 heavy (non-hydrogen) atoms. The number of hydrogen-bond acceptors (Lipinski definition) is 4. The molecule has 7 aromatic carbocycles. The van der Waals surface area contributed by atoms with E-state index in [0.717, 1.165) is 71.6 Å². The largest absolute Gasteiger partial charge is 0.449 e. The van der Waals surface area contributed by atoms with E-state index in [1.54, 1.807) is 0 Å². The van der Waals surface area contributed by atoms with Crippen LogP contribution < -0.4 is 9.47 Å². The monoisotopic (exact) mass is 603 g/mol. The fourth-order valence-corrected chi connectivity index (χ4v) is 6.79. The smallest absolute Gasteiger partial charge is 0.235 e. The molecule has 0 saturated carbocycles. The lowest BCUT2D eigenvalue weighted by molar-refractivity contribution is 0.360. The van der Waals surface area contributed by atoms with Crippen LogP contribution in [0.1, 0.15) is 0 Å². The Hall–Kier alpha value is -6.46. The van der Waals surface area contributed by atoms with Crippen LogP contribution in [-0.4, -0.2) is 14.5 Å². The molecule has 0 radical (unpaired) electrons. The van der Waals surface area contributed by atoms with E-state index in [1.807, 2.05) is 60.7 Å². The van der Waals surface area contributed by atoms with Crippen LogP contribution in [0, 0.1) is 0 Å². The fraction of sp³-hybridized carbons (Fsp3) is 0. The summed E-state index contributed by atoms with van der Waals surface area (Å²) in [5.74, 6) is 3.46. The number of rotatable bonds is 3. The predicted molar refractivity (Wildman–Crippen MR) is 189 cm³/mol. The van der Waals surface area contributed by atoms with Crippen LogP contribution in [0.15, 0.2) is 152 Å². The summed E-state index contributed by atoms with van der Waals surface area (Å²) in [6.07, 6.45) is 0. The van der Waals surface area contributed by atoms with E-state index in [9.17, 15) is 0 Å². The lowest BCUT2D eigenvalue weighted by Crippen LogP contribution is -2.03. The minimum absolute atomic E-state index is 0.636. The van der Waals surface area contributed by atoms with Crippen LogP contribution in [0.5, 0.6) is 23.0 Å². The molecular weight excluding hydrogens is 578 g/mol. The van der Waals surface area contributed by atoms with Gasteiger partial charge in [-0.3, -0.25) is 4.57 Å². The lowest BCUT2D eigenvalue weighted by atomic mass is 10.0. The van der Waals surface area contributed by atoms with Gasteiger partial charge in [-0.05, 0) is 64.4 Å². The number of ether oxygens (including phenoxy) is 2. The summed E-state index contributed by atoms with van der Waals surface area (Å²) in [6.45, 7) is 0. The number of fused-ring (bicyclic) bond motifs is 7. The lowest BCUT2D eigenvalue weighted by Gasteiger charge is -2.22. The molecule has 0 N–H and O–H groups in total. The van der Waals surface area contributed by atoms with Crippen molar-refractivity contribution in [1.82, 2.24) is 14.5 Å². The molecule has 10 rings (SSSR count). The summed E-state index contributed by atoms with van der Waals surface area (Å²) < 4.78 is 14.9. The second kappa shape index (κ2) is 10.0. The maximum absolute atomic E-state index is 6.42. The van der Waals surface area contributed by atoms with Crippen molar-refractivity contribution < 1.29 is 9.47 Å². The zero-order chi connectivity index (χ0) is 30.9. The molecule has 2 aromatic heterocycles. The van der Waals surface area contributed by atoms with Gasteiger partial charge in [-0.1, -0.05) is 109 Å². The van der Waals surface area contributed by atoms with Gasteiger partial charge in [0.25, 0.3) is 0 Å². The SMILES string of the molecule is c1ccc(-c2nc(-n3c4ccccc4c4ccc(-c5ccc6c(c5)Oc5cc7ccccc7cc5O6)cc43)nc3ccccc23)cc1. The van der Waals surface area contributed by atoms with Crippen molar-refractivity contribution in [3.8, 4) is 51.3 Å². The molecule has 5 nitrogen and oxygen atoms in total. The molecule has 0 unspecified atom stereocenters. The molecule has 0 bridgehead atoms. The van der Waals surface area contributed by atoms with Crippen LogP contribution >= 0.6 is 0 Å². The van der Waals surface area contributed by atoms with E-state index >= 15 is 0 Å². The number of nitrogens with zero attached hydrogens (tertiary/aromatic N) is 3. The number of para-hydroxylation sites is 2. The fourth-order valence-electron chi connectivity index (χ4n) is 6.79. The van der Waals surface area contributed by atoms with Gasteiger partial charge in [0.05, 0.1) is 22.2 Å². The van der Waals surface area contributed by atoms with Crippen LogP contribution in [0.4, 0.5) is 0 Å². The molecule has 0 saturated heterocycles. The summed E-state index contributed by atoms with van der Waals surface area (Å²) in [4.78, 5) is 10.4. The van der Waals surface area contributed by atoms with E-state index in [4.69, 9.17) is 19.4 Å². The highest BCUT2D eigenvalue weighted by Gasteiger charge is 2.22. The zero-order valence-corrected chi connectivity index (χ0v) is 25.1. The van der Waals surface area contributed by atoms with Crippen molar-refractivity contribution in [2.45, 2.75) is 0 Å². The summed E-state index contributed by atoms with van der Waals surface area (Å²) in [5.41, 5.74) is 7.04. The Balaban J connectivity index is 1.14. The predicted octanol–water partition coefficient (Wildman–Crippen LogP) is 11.1. The standard InChI is InChI=1S/C42H25N3O2/c1-2-10-26(11-3-1)41-33-15-6-8-16-34(33)43-42(44-41)45-35-17-9-7-14-31(35)32-20-18-29(22-36(32)45)30-19-21-37-38(25-30)47-40-24-28-13-5-4-12-27(28)23-39(40)46-37/h1-25H. The third-order valence-electron chi connectivity index (χ3n) is 9.04. The molecule has 0 aliphatic carbocycles. The Labute approximate surface area is 269 Å². The first-order chi connectivity index (χ1) is 23.3. The maximum Gasteiger partial charge on any atom is 0.235 e. The van der Waals surface area contributed by atoms with Gasteiger partial charge >= 0.3 is 0 Å². The molecule has 0 atom stereocenters. The molecule has 1 aliphatic heterocycles. The van der Waals surface area contributed by atoms with Gasteiger partial charge in [-0.2, -0.15) is 0 Å². The number of benzene rings is 7. The quantitative estimate of drug-likeness (QED) is 0.202. The van der Waals surface area contributed by atoms with Crippen molar-refractivity contribution in [3.63, 3.8) is 0 Å². The average Bonchev–Trinajstić information content (AvgIpc) is 3.46. The van der Waals surface area contributed by atoms with Gasteiger partial charge in [0.15, 0.2) is 23.0 Å². The summed E-state index contributed by atoms with van der Waals surface area (Å²) in [6, 6.07) is 52.0. The Morgan fingerprint density at radius 1 is 0.404 bits per heavy atom. The molecule has 0 spiro atoms. The second-order valence-corrected chi connectivity index (χ2v) is 11.9. The number of aromatic nitrogens is 3. The summed E-state index contributed by atoms with van der Waals surface area (Å²) in [5, 5.41) is 5.54. The van der Waals surface area contributed by atoms with Crippen LogP contribution in [0.2, 0.25) is 0 Å². The molecule has 9 aromatic rings. The Morgan fingerprint density at radius 3 is 1.85 bits per heavy atom. The van der Waals surface area contributed by atoms with Gasteiger partial charge in [-0.15, -0.1) is 0 Å². The average molecular weight is 604 g/mol. The second-order valence-electron chi connectivity index (χ2n) is 11.9. The van der Waals surface area contributed by atoms with E-state index < -0.39 is 0 Å². The Bertz CT molecular complexity index is 2700. The van der Waals surface area contributed by atoms with Crippen molar-refractivity contribution >= 4 is 43.5 Å². The Kier molecular flexibility index (Phi) is 5.51. The van der Waals surface area contributed by atoms with E-state index in [1.165, 1.54) is 0 Å². The molecule has 5 heteroatoms. The van der Waals surface area contributed by atoms with E-state index in [2.05, 4.69) is 95.6 Å². The van der Waals surface area contributed by atoms with Crippen molar-refractivity contribution in [2.24, 2.45) is 0 Å².